The Kier molecular flexibility index (Phi) is 6.64. The van der Waals surface area contributed by atoms with Gasteiger partial charge in [-0.15, -0.1) is 11.3 Å². The van der Waals surface area contributed by atoms with Gasteiger partial charge >= 0.3 is 0 Å². The van der Waals surface area contributed by atoms with Crippen molar-refractivity contribution in [3.05, 3.63) is 50.6 Å². The van der Waals surface area contributed by atoms with E-state index in [-0.39, 0.29) is 23.9 Å². The molecule has 1 aliphatic heterocycles. The molecule has 0 spiro atoms. The number of nitrogens with one attached hydrogen (secondary N) is 3. The lowest BCUT2D eigenvalue weighted by Gasteiger charge is -2.32. The molecule has 2 atom stereocenters. The number of H-pyrrole nitrogens is 1. The van der Waals surface area contributed by atoms with Crippen LogP contribution in [0.5, 0.6) is 0 Å². The van der Waals surface area contributed by atoms with Crippen LogP contribution >= 0.6 is 22.9 Å². The van der Waals surface area contributed by atoms with Gasteiger partial charge in [-0.05, 0) is 51.0 Å². The van der Waals surface area contributed by atoms with Crippen molar-refractivity contribution in [2.24, 2.45) is 0 Å². The van der Waals surface area contributed by atoms with Gasteiger partial charge in [-0.3, -0.25) is 14.5 Å². The molecule has 2 amide bonds. The van der Waals surface area contributed by atoms with Crippen molar-refractivity contribution in [1.82, 2.24) is 25.5 Å². The highest BCUT2D eigenvalue weighted by atomic mass is 35.5. The van der Waals surface area contributed by atoms with E-state index in [1.807, 2.05) is 18.2 Å². The van der Waals surface area contributed by atoms with Crippen LogP contribution in [0.25, 0.3) is 10.9 Å². The van der Waals surface area contributed by atoms with Crippen molar-refractivity contribution in [3.8, 4) is 0 Å². The molecular weight excluding hydrogens is 470 g/mol. The summed E-state index contributed by atoms with van der Waals surface area (Å²) >= 11 is 7.57. The number of rotatable bonds is 5. The highest BCUT2D eigenvalue weighted by Gasteiger charge is 2.30. The Balaban J connectivity index is 1.26. The number of thiazole rings is 1. The summed E-state index contributed by atoms with van der Waals surface area (Å²) in [7, 11) is 0. The number of carbonyl (C=O) groups excluding carboxylic acids is 2. The Labute approximate surface area is 208 Å². The van der Waals surface area contributed by atoms with Gasteiger partial charge in [0.1, 0.15) is 5.69 Å². The molecule has 2 aliphatic rings. The number of amides is 2. The second kappa shape index (κ2) is 9.68. The van der Waals surface area contributed by atoms with Crippen molar-refractivity contribution in [2.75, 3.05) is 6.54 Å². The minimum atomic E-state index is -0.169. The van der Waals surface area contributed by atoms with Crippen molar-refractivity contribution < 1.29 is 9.59 Å². The molecule has 0 unspecified atom stereocenters. The van der Waals surface area contributed by atoms with Crippen molar-refractivity contribution in [2.45, 2.75) is 70.6 Å². The van der Waals surface area contributed by atoms with E-state index in [2.05, 4.69) is 39.3 Å². The summed E-state index contributed by atoms with van der Waals surface area (Å²) in [5, 5.41) is 8.37. The van der Waals surface area contributed by atoms with Gasteiger partial charge < -0.3 is 15.6 Å². The monoisotopic (exact) mass is 499 g/mol. The van der Waals surface area contributed by atoms with Crippen LogP contribution in [0, 0.1) is 0 Å². The maximum Gasteiger partial charge on any atom is 0.280 e. The lowest BCUT2D eigenvalue weighted by atomic mass is 9.90. The summed E-state index contributed by atoms with van der Waals surface area (Å²) in [5.41, 5.74) is 2.42. The van der Waals surface area contributed by atoms with Crippen LogP contribution in [0.3, 0.4) is 0 Å². The standard InChI is InChI=1S/C25H30ClN5O2S/c1-14(2)31-10-9-20-22(13-31)34-25(30-20)24(33)29-19-6-4-3-5-18(19)28-23(32)21-12-15-11-16(26)7-8-17(15)27-21/h7-8,11-12,14,18-19,27H,3-6,9-10,13H2,1-2H3,(H,28,32)(H,29,33)/t18-,19+/m1/s1. The first-order valence-corrected chi connectivity index (χ1v) is 13.2. The molecule has 0 bridgehead atoms. The van der Waals surface area contributed by atoms with Crippen LogP contribution < -0.4 is 10.6 Å². The molecule has 34 heavy (non-hydrogen) atoms. The molecular formula is C25H30ClN5O2S. The van der Waals surface area contributed by atoms with Crippen LogP contribution in [-0.4, -0.2) is 51.4 Å². The predicted octanol–water partition coefficient (Wildman–Crippen LogP) is 4.52. The summed E-state index contributed by atoms with van der Waals surface area (Å²) < 4.78 is 0. The fourth-order valence-electron chi connectivity index (χ4n) is 4.93. The van der Waals surface area contributed by atoms with E-state index in [4.69, 9.17) is 11.6 Å². The summed E-state index contributed by atoms with van der Waals surface area (Å²) in [6.07, 6.45) is 4.61. The number of aromatic nitrogens is 2. The Bertz CT molecular complexity index is 1220. The number of halogens is 1. The average Bonchev–Trinajstić information content (AvgIpc) is 3.43. The topological polar surface area (TPSA) is 90.1 Å². The van der Waals surface area contributed by atoms with Gasteiger partial charge in [-0.2, -0.15) is 0 Å². The van der Waals surface area contributed by atoms with Crippen LogP contribution in [0.15, 0.2) is 24.3 Å². The molecule has 3 heterocycles. The number of aromatic amines is 1. The molecule has 3 N–H and O–H groups in total. The molecule has 7 nitrogen and oxygen atoms in total. The summed E-state index contributed by atoms with van der Waals surface area (Å²) in [5.74, 6) is -0.307. The molecule has 180 valence electrons. The third-order valence-electron chi connectivity index (χ3n) is 6.91. The molecule has 0 radical (unpaired) electrons. The third-order valence-corrected chi connectivity index (χ3v) is 8.23. The van der Waals surface area contributed by atoms with Crippen LogP contribution in [0.1, 0.15) is 70.4 Å². The zero-order valence-electron chi connectivity index (χ0n) is 19.5. The fraction of sp³-hybridized carbons (Fsp3) is 0.480. The van der Waals surface area contributed by atoms with E-state index in [1.165, 1.54) is 16.2 Å². The smallest absolute Gasteiger partial charge is 0.280 e. The van der Waals surface area contributed by atoms with Crippen molar-refractivity contribution in [1.29, 1.82) is 0 Å². The van der Waals surface area contributed by atoms with Crippen LogP contribution in [-0.2, 0) is 13.0 Å². The molecule has 1 saturated carbocycles. The molecule has 1 fully saturated rings. The van der Waals surface area contributed by atoms with Gasteiger partial charge in [0.2, 0.25) is 0 Å². The van der Waals surface area contributed by atoms with Gasteiger partial charge in [0.25, 0.3) is 11.8 Å². The maximum atomic E-state index is 13.1. The molecule has 1 aliphatic carbocycles. The molecule has 1 aromatic carbocycles. The second-order valence-electron chi connectivity index (χ2n) is 9.56. The fourth-order valence-corrected chi connectivity index (χ4v) is 6.15. The molecule has 3 aromatic rings. The number of nitrogens with zero attached hydrogens (tertiary/aromatic N) is 2. The van der Waals surface area contributed by atoms with E-state index >= 15 is 0 Å². The Morgan fingerprint density at radius 3 is 2.62 bits per heavy atom. The highest BCUT2D eigenvalue weighted by Crippen LogP contribution is 2.27. The van der Waals surface area contributed by atoms with E-state index in [9.17, 15) is 9.59 Å². The van der Waals surface area contributed by atoms with Crippen molar-refractivity contribution >= 4 is 45.7 Å². The van der Waals surface area contributed by atoms with Gasteiger partial charge in [0.15, 0.2) is 5.01 Å². The third kappa shape index (κ3) is 4.85. The number of hydrogen-bond donors (Lipinski definition) is 3. The average molecular weight is 500 g/mol. The number of carbonyl (C=O) groups is 2. The summed E-state index contributed by atoms with van der Waals surface area (Å²) in [6, 6.07) is 7.56. The minimum Gasteiger partial charge on any atom is -0.351 e. The maximum absolute atomic E-state index is 13.1. The first-order chi connectivity index (χ1) is 16.4. The van der Waals surface area contributed by atoms with Gasteiger partial charge in [0.05, 0.1) is 5.69 Å². The normalized spacial score (nSPS) is 20.9. The minimum absolute atomic E-state index is 0.114. The molecule has 5 rings (SSSR count). The quantitative estimate of drug-likeness (QED) is 0.481. The van der Waals surface area contributed by atoms with E-state index in [0.29, 0.717) is 21.8 Å². The molecule has 2 aromatic heterocycles. The van der Waals surface area contributed by atoms with Gasteiger partial charge in [-0.25, -0.2) is 4.98 Å². The van der Waals surface area contributed by atoms with E-state index < -0.39 is 0 Å². The number of hydrogen-bond acceptors (Lipinski definition) is 5. The largest absolute Gasteiger partial charge is 0.351 e. The van der Waals surface area contributed by atoms with Gasteiger partial charge in [0, 0.05) is 58.4 Å². The zero-order chi connectivity index (χ0) is 23.8. The lowest BCUT2D eigenvalue weighted by molar-refractivity contribution is 0.0860. The van der Waals surface area contributed by atoms with E-state index in [0.717, 1.165) is 61.8 Å². The molecule has 9 heteroatoms. The first kappa shape index (κ1) is 23.3. The van der Waals surface area contributed by atoms with Crippen LogP contribution in [0.4, 0.5) is 0 Å². The van der Waals surface area contributed by atoms with Gasteiger partial charge in [-0.1, -0.05) is 24.4 Å². The number of fused-ring (bicyclic) bond motifs is 2. The Morgan fingerprint density at radius 2 is 1.88 bits per heavy atom. The Hall–Kier alpha value is -2.42. The number of benzene rings is 1. The Morgan fingerprint density at radius 1 is 1.15 bits per heavy atom. The van der Waals surface area contributed by atoms with Crippen molar-refractivity contribution in [3.63, 3.8) is 0 Å². The van der Waals surface area contributed by atoms with E-state index in [1.54, 1.807) is 6.07 Å². The SMILES string of the molecule is CC(C)N1CCc2nc(C(=O)N[C@H]3CCCC[C@H]3NC(=O)c3cc4cc(Cl)ccc4[nH]3)sc2C1. The lowest BCUT2D eigenvalue weighted by Crippen LogP contribution is -2.53. The molecule has 0 saturated heterocycles. The predicted molar refractivity (Wildman–Crippen MR) is 136 cm³/mol. The summed E-state index contributed by atoms with van der Waals surface area (Å²) in [4.78, 5) is 37.5. The van der Waals surface area contributed by atoms with Crippen LogP contribution in [0.2, 0.25) is 5.02 Å². The summed E-state index contributed by atoms with van der Waals surface area (Å²) in [6.45, 7) is 6.23. The first-order valence-electron chi connectivity index (χ1n) is 12.0. The zero-order valence-corrected chi connectivity index (χ0v) is 21.1. The second-order valence-corrected chi connectivity index (χ2v) is 11.1. The highest BCUT2D eigenvalue weighted by molar-refractivity contribution is 7.13.